The highest BCUT2D eigenvalue weighted by Crippen LogP contribution is 2.03. The lowest BCUT2D eigenvalue weighted by molar-refractivity contribution is -0.137. The summed E-state index contributed by atoms with van der Waals surface area (Å²) in [6, 6.07) is 0. The summed E-state index contributed by atoms with van der Waals surface area (Å²) in [6.45, 7) is 6.48. The average Bonchev–Trinajstić information content (AvgIpc) is 2.09. The second-order valence-electron chi connectivity index (χ2n) is 4.47. The largest absolute Gasteiger partial charge is 0.389 e. The smallest absolute Gasteiger partial charge is 0.248 e. The first-order valence-electron chi connectivity index (χ1n) is 5.41. The third-order valence-electron chi connectivity index (χ3n) is 1.92. The van der Waals surface area contributed by atoms with E-state index in [-0.39, 0.29) is 12.5 Å². The Hall–Kier alpha value is -0.610. The van der Waals surface area contributed by atoms with Crippen LogP contribution in [0.3, 0.4) is 0 Å². The van der Waals surface area contributed by atoms with E-state index in [0.717, 1.165) is 12.8 Å². The SMILES string of the molecule is CCCCOCC(=O)N(C)CC(C)(C)O. The third-order valence-corrected chi connectivity index (χ3v) is 1.92. The van der Waals surface area contributed by atoms with Crippen molar-refractivity contribution in [3.05, 3.63) is 0 Å². The lowest BCUT2D eigenvalue weighted by atomic mass is 10.1. The molecule has 90 valence electrons. The van der Waals surface area contributed by atoms with Gasteiger partial charge in [-0.05, 0) is 20.3 Å². The molecule has 0 fully saturated rings. The molecule has 4 nitrogen and oxygen atoms in total. The summed E-state index contributed by atoms with van der Waals surface area (Å²) in [7, 11) is 1.67. The molecular formula is C11H23NO3. The lowest BCUT2D eigenvalue weighted by Gasteiger charge is -2.25. The summed E-state index contributed by atoms with van der Waals surface area (Å²) < 4.78 is 5.20. The molecule has 15 heavy (non-hydrogen) atoms. The van der Waals surface area contributed by atoms with Crippen molar-refractivity contribution in [1.29, 1.82) is 0 Å². The standard InChI is InChI=1S/C11H23NO3/c1-5-6-7-15-8-10(13)12(4)9-11(2,3)14/h14H,5-9H2,1-4H3. The molecule has 0 bridgehead atoms. The zero-order valence-corrected chi connectivity index (χ0v) is 10.2. The first kappa shape index (κ1) is 14.4. The van der Waals surface area contributed by atoms with Crippen molar-refractivity contribution in [3.8, 4) is 0 Å². The van der Waals surface area contributed by atoms with E-state index in [1.54, 1.807) is 20.9 Å². The Balaban J connectivity index is 3.70. The topological polar surface area (TPSA) is 49.8 Å². The van der Waals surface area contributed by atoms with E-state index in [9.17, 15) is 9.90 Å². The highest BCUT2D eigenvalue weighted by molar-refractivity contribution is 5.77. The highest BCUT2D eigenvalue weighted by atomic mass is 16.5. The van der Waals surface area contributed by atoms with Gasteiger partial charge in [-0.15, -0.1) is 0 Å². The van der Waals surface area contributed by atoms with Crippen LogP contribution < -0.4 is 0 Å². The van der Waals surface area contributed by atoms with Crippen molar-refractivity contribution in [2.45, 2.75) is 39.2 Å². The predicted molar refractivity (Wildman–Crippen MR) is 59.7 cm³/mol. The van der Waals surface area contributed by atoms with Gasteiger partial charge in [0.15, 0.2) is 0 Å². The highest BCUT2D eigenvalue weighted by Gasteiger charge is 2.18. The van der Waals surface area contributed by atoms with E-state index in [1.807, 2.05) is 0 Å². The van der Waals surface area contributed by atoms with Gasteiger partial charge >= 0.3 is 0 Å². The van der Waals surface area contributed by atoms with E-state index < -0.39 is 5.60 Å². The number of nitrogens with zero attached hydrogens (tertiary/aromatic N) is 1. The number of carbonyl (C=O) groups is 1. The molecule has 0 spiro atoms. The molecular weight excluding hydrogens is 194 g/mol. The van der Waals surface area contributed by atoms with Crippen LogP contribution in [0.4, 0.5) is 0 Å². The van der Waals surface area contributed by atoms with Crippen LogP contribution in [-0.4, -0.2) is 48.3 Å². The number of hydrogen-bond acceptors (Lipinski definition) is 3. The quantitative estimate of drug-likeness (QED) is 0.648. The minimum Gasteiger partial charge on any atom is -0.389 e. The van der Waals surface area contributed by atoms with E-state index in [1.165, 1.54) is 4.90 Å². The number of aliphatic hydroxyl groups is 1. The number of rotatable bonds is 7. The number of likely N-dealkylation sites (N-methyl/N-ethyl adjacent to an activating group) is 1. The summed E-state index contributed by atoms with van der Waals surface area (Å²) in [5, 5.41) is 9.51. The summed E-state index contributed by atoms with van der Waals surface area (Å²) in [6.07, 6.45) is 2.04. The number of unbranched alkanes of at least 4 members (excludes halogenated alkanes) is 1. The van der Waals surface area contributed by atoms with Crippen LogP contribution in [0, 0.1) is 0 Å². The van der Waals surface area contributed by atoms with Crippen molar-refractivity contribution in [1.82, 2.24) is 4.90 Å². The van der Waals surface area contributed by atoms with Gasteiger partial charge in [0.1, 0.15) is 6.61 Å². The molecule has 0 saturated carbocycles. The van der Waals surface area contributed by atoms with Gasteiger partial charge in [0.25, 0.3) is 0 Å². The van der Waals surface area contributed by atoms with Gasteiger partial charge in [0.05, 0.1) is 5.60 Å². The number of carbonyl (C=O) groups excluding carboxylic acids is 1. The summed E-state index contributed by atoms with van der Waals surface area (Å²) >= 11 is 0. The van der Waals surface area contributed by atoms with Crippen LogP contribution >= 0.6 is 0 Å². The minimum absolute atomic E-state index is 0.0896. The average molecular weight is 217 g/mol. The summed E-state index contributed by atoms with van der Waals surface area (Å²) in [5.74, 6) is -0.0896. The van der Waals surface area contributed by atoms with Crippen LogP contribution in [0.1, 0.15) is 33.6 Å². The molecule has 0 atom stereocenters. The third kappa shape index (κ3) is 8.39. The zero-order chi connectivity index (χ0) is 11.9. The second kappa shape index (κ2) is 6.80. The molecule has 0 heterocycles. The van der Waals surface area contributed by atoms with Crippen molar-refractivity contribution < 1.29 is 14.6 Å². The van der Waals surface area contributed by atoms with Crippen LogP contribution in [0.5, 0.6) is 0 Å². The Morgan fingerprint density at radius 1 is 1.47 bits per heavy atom. The molecule has 0 aromatic heterocycles. The van der Waals surface area contributed by atoms with Crippen molar-refractivity contribution in [2.75, 3.05) is 26.8 Å². The fourth-order valence-corrected chi connectivity index (χ4v) is 1.18. The van der Waals surface area contributed by atoms with Gasteiger partial charge in [0, 0.05) is 20.2 Å². The molecule has 0 aliphatic carbocycles. The van der Waals surface area contributed by atoms with E-state index >= 15 is 0 Å². The molecule has 0 unspecified atom stereocenters. The Labute approximate surface area is 92.2 Å². The van der Waals surface area contributed by atoms with E-state index in [4.69, 9.17) is 4.74 Å². The Morgan fingerprint density at radius 2 is 2.07 bits per heavy atom. The maximum Gasteiger partial charge on any atom is 0.248 e. The van der Waals surface area contributed by atoms with Crippen LogP contribution in [-0.2, 0) is 9.53 Å². The van der Waals surface area contributed by atoms with Crippen LogP contribution in [0.25, 0.3) is 0 Å². The monoisotopic (exact) mass is 217 g/mol. The van der Waals surface area contributed by atoms with Gasteiger partial charge in [-0.2, -0.15) is 0 Å². The molecule has 0 aromatic carbocycles. The summed E-state index contributed by atoms with van der Waals surface area (Å²) in [4.78, 5) is 13.0. The van der Waals surface area contributed by atoms with Crippen molar-refractivity contribution >= 4 is 5.91 Å². The van der Waals surface area contributed by atoms with Gasteiger partial charge in [-0.3, -0.25) is 4.79 Å². The number of amides is 1. The molecule has 0 aromatic rings. The Bertz CT molecular complexity index is 187. The molecule has 1 amide bonds. The number of hydrogen-bond donors (Lipinski definition) is 1. The van der Waals surface area contributed by atoms with E-state index in [2.05, 4.69) is 6.92 Å². The molecule has 0 aliphatic heterocycles. The maximum absolute atomic E-state index is 11.5. The minimum atomic E-state index is -0.853. The molecule has 1 N–H and O–H groups in total. The van der Waals surface area contributed by atoms with Gasteiger partial charge in [0.2, 0.25) is 5.91 Å². The van der Waals surface area contributed by atoms with Crippen LogP contribution in [0.2, 0.25) is 0 Å². The molecule has 4 heteroatoms. The van der Waals surface area contributed by atoms with E-state index in [0.29, 0.717) is 13.2 Å². The molecule has 0 radical (unpaired) electrons. The Kier molecular flexibility index (Phi) is 6.52. The molecule has 0 rings (SSSR count). The Morgan fingerprint density at radius 3 is 2.53 bits per heavy atom. The number of ether oxygens (including phenoxy) is 1. The van der Waals surface area contributed by atoms with Gasteiger partial charge < -0.3 is 14.7 Å². The normalized spacial score (nSPS) is 11.5. The second-order valence-corrected chi connectivity index (χ2v) is 4.47. The van der Waals surface area contributed by atoms with Crippen LogP contribution in [0.15, 0.2) is 0 Å². The fraction of sp³-hybridized carbons (Fsp3) is 0.909. The van der Waals surface area contributed by atoms with Crippen molar-refractivity contribution in [3.63, 3.8) is 0 Å². The summed E-state index contributed by atoms with van der Waals surface area (Å²) in [5.41, 5.74) is -0.853. The van der Waals surface area contributed by atoms with Gasteiger partial charge in [-0.25, -0.2) is 0 Å². The zero-order valence-electron chi connectivity index (χ0n) is 10.2. The first-order chi connectivity index (χ1) is 6.87. The fourth-order valence-electron chi connectivity index (χ4n) is 1.18. The van der Waals surface area contributed by atoms with Crippen molar-refractivity contribution in [2.24, 2.45) is 0 Å². The lowest BCUT2D eigenvalue weighted by Crippen LogP contribution is -2.41. The predicted octanol–water partition coefficient (Wildman–Crippen LogP) is 1.03. The molecule has 0 saturated heterocycles. The maximum atomic E-state index is 11.5. The first-order valence-corrected chi connectivity index (χ1v) is 5.41. The molecule has 0 aliphatic rings. The van der Waals surface area contributed by atoms with Gasteiger partial charge in [-0.1, -0.05) is 13.3 Å².